The molecule has 1 aliphatic rings. The van der Waals surface area contributed by atoms with Gasteiger partial charge in [0, 0.05) is 7.11 Å². The van der Waals surface area contributed by atoms with Crippen LogP contribution >= 0.6 is 0 Å². The van der Waals surface area contributed by atoms with Crippen molar-refractivity contribution in [1.82, 2.24) is 5.43 Å². The molecule has 3 N–H and O–H groups in total. The first kappa shape index (κ1) is 11.7. The number of hydrazine groups is 1. The van der Waals surface area contributed by atoms with Gasteiger partial charge in [0.05, 0.1) is 11.6 Å². The van der Waals surface area contributed by atoms with E-state index in [0.29, 0.717) is 0 Å². The Balaban J connectivity index is 2.68. The molecule has 0 aromatic rings. The number of hydrogen-bond donors (Lipinski definition) is 2. The number of ether oxygens (including phenoxy) is 1. The Morgan fingerprint density at radius 1 is 1.50 bits per heavy atom. The maximum absolute atomic E-state index is 5.69. The fourth-order valence-corrected chi connectivity index (χ4v) is 2.45. The molecule has 0 aromatic heterocycles. The van der Waals surface area contributed by atoms with Crippen molar-refractivity contribution in [3.8, 4) is 0 Å². The summed E-state index contributed by atoms with van der Waals surface area (Å²) in [7, 11) is 1.79. The van der Waals surface area contributed by atoms with Gasteiger partial charge >= 0.3 is 0 Å². The molecule has 0 spiro atoms. The first-order valence-electron chi connectivity index (χ1n) is 5.41. The van der Waals surface area contributed by atoms with Gasteiger partial charge in [-0.25, -0.2) is 0 Å². The van der Waals surface area contributed by atoms with Crippen molar-refractivity contribution in [2.45, 2.75) is 50.2 Å². The van der Waals surface area contributed by atoms with Crippen molar-refractivity contribution in [2.24, 2.45) is 5.84 Å². The monoisotopic (exact) mass is 198 g/mol. The lowest BCUT2D eigenvalue weighted by atomic mass is 9.78. The van der Waals surface area contributed by atoms with E-state index >= 15 is 0 Å². The van der Waals surface area contributed by atoms with Crippen molar-refractivity contribution >= 4 is 0 Å². The third-order valence-electron chi connectivity index (χ3n) is 3.35. The standard InChI is InChI=1S/C11H22N2O/c1-3-7-10(13-12)11(14-2)8-5-4-6-9-11/h3,10,13H,1,4-9,12H2,2H3. The quantitative estimate of drug-likeness (QED) is 0.402. The SMILES string of the molecule is C=CCC(NN)C1(OC)CCCCC1. The molecule has 0 saturated heterocycles. The fourth-order valence-electron chi connectivity index (χ4n) is 2.45. The highest BCUT2D eigenvalue weighted by molar-refractivity contribution is 4.97. The Labute approximate surface area is 86.7 Å². The molecule has 1 aliphatic carbocycles. The van der Waals surface area contributed by atoms with Crippen LogP contribution in [0.25, 0.3) is 0 Å². The zero-order chi connectivity index (χ0) is 10.4. The Morgan fingerprint density at radius 3 is 2.57 bits per heavy atom. The van der Waals surface area contributed by atoms with Crippen LogP contribution in [0.15, 0.2) is 12.7 Å². The first-order chi connectivity index (χ1) is 6.79. The van der Waals surface area contributed by atoms with E-state index in [1.807, 2.05) is 6.08 Å². The summed E-state index contributed by atoms with van der Waals surface area (Å²) in [5.74, 6) is 5.57. The maximum Gasteiger partial charge on any atom is 0.0847 e. The van der Waals surface area contributed by atoms with E-state index in [0.717, 1.165) is 19.3 Å². The van der Waals surface area contributed by atoms with Crippen molar-refractivity contribution in [1.29, 1.82) is 0 Å². The fraction of sp³-hybridized carbons (Fsp3) is 0.818. The lowest BCUT2D eigenvalue weighted by Crippen LogP contribution is -2.55. The van der Waals surface area contributed by atoms with Gasteiger partial charge in [0.25, 0.3) is 0 Å². The Morgan fingerprint density at radius 2 is 2.14 bits per heavy atom. The van der Waals surface area contributed by atoms with E-state index < -0.39 is 0 Å². The number of nitrogens with one attached hydrogen (secondary N) is 1. The van der Waals surface area contributed by atoms with Crippen molar-refractivity contribution in [2.75, 3.05) is 7.11 Å². The Hall–Kier alpha value is -0.380. The molecular weight excluding hydrogens is 176 g/mol. The molecule has 1 atom stereocenters. The largest absolute Gasteiger partial charge is 0.377 e. The van der Waals surface area contributed by atoms with E-state index in [-0.39, 0.29) is 11.6 Å². The normalized spacial score (nSPS) is 23.0. The maximum atomic E-state index is 5.69. The van der Waals surface area contributed by atoms with E-state index in [1.54, 1.807) is 7.11 Å². The molecule has 0 heterocycles. The third kappa shape index (κ3) is 2.35. The van der Waals surface area contributed by atoms with Gasteiger partial charge in [-0.15, -0.1) is 6.58 Å². The number of methoxy groups -OCH3 is 1. The van der Waals surface area contributed by atoms with Gasteiger partial charge in [-0.1, -0.05) is 25.3 Å². The van der Waals surface area contributed by atoms with Crippen molar-refractivity contribution in [3.63, 3.8) is 0 Å². The van der Waals surface area contributed by atoms with E-state index in [1.165, 1.54) is 19.3 Å². The summed E-state index contributed by atoms with van der Waals surface area (Å²) in [6, 6.07) is 0.199. The zero-order valence-corrected chi connectivity index (χ0v) is 9.09. The molecule has 0 bridgehead atoms. The minimum absolute atomic E-state index is 0.0683. The lowest BCUT2D eigenvalue weighted by molar-refractivity contribution is -0.0667. The van der Waals surface area contributed by atoms with Crippen LogP contribution in [-0.4, -0.2) is 18.8 Å². The van der Waals surface area contributed by atoms with Gasteiger partial charge in [0.1, 0.15) is 0 Å². The van der Waals surface area contributed by atoms with E-state index in [2.05, 4.69) is 12.0 Å². The number of hydrogen-bond acceptors (Lipinski definition) is 3. The second-order valence-electron chi connectivity index (χ2n) is 4.07. The molecule has 0 aliphatic heterocycles. The van der Waals surface area contributed by atoms with Crippen LogP contribution in [0.4, 0.5) is 0 Å². The van der Waals surface area contributed by atoms with Crippen LogP contribution < -0.4 is 11.3 Å². The summed E-state index contributed by atoms with van der Waals surface area (Å²) >= 11 is 0. The topological polar surface area (TPSA) is 47.3 Å². The molecule has 1 unspecified atom stereocenters. The molecule has 82 valence electrons. The van der Waals surface area contributed by atoms with Crippen LogP contribution in [0, 0.1) is 0 Å². The molecule has 3 nitrogen and oxygen atoms in total. The van der Waals surface area contributed by atoms with Crippen molar-refractivity contribution < 1.29 is 4.74 Å². The molecule has 1 saturated carbocycles. The molecule has 1 fully saturated rings. The predicted molar refractivity (Wildman–Crippen MR) is 58.8 cm³/mol. The average molecular weight is 198 g/mol. The number of rotatable bonds is 5. The Bertz CT molecular complexity index is 176. The Kier molecular flexibility index (Phi) is 4.58. The third-order valence-corrected chi connectivity index (χ3v) is 3.35. The van der Waals surface area contributed by atoms with E-state index in [9.17, 15) is 0 Å². The highest BCUT2D eigenvalue weighted by Gasteiger charge is 2.38. The smallest absolute Gasteiger partial charge is 0.0847 e. The van der Waals surface area contributed by atoms with Crippen LogP contribution in [0.3, 0.4) is 0 Å². The molecule has 14 heavy (non-hydrogen) atoms. The minimum Gasteiger partial charge on any atom is -0.377 e. The average Bonchev–Trinajstić information content (AvgIpc) is 2.27. The van der Waals surface area contributed by atoms with E-state index in [4.69, 9.17) is 10.6 Å². The van der Waals surface area contributed by atoms with Crippen LogP contribution in [0.2, 0.25) is 0 Å². The summed E-state index contributed by atoms with van der Waals surface area (Å²) in [5, 5.41) is 0. The van der Waals surface area contributed by atoms with Gasteiger partial charge in [0.15, 0.2) is 0 Å². The summed E-state index contributed by atoms with van der Waals surface area (Å²) < 4.78 is 5.69. The molecule has 0 radical (unpaired) electrons. The first-order valence-corrected chi connectivity index (χ1v) is 5.41. The van der Waals surface area contributed by atoms with Crippen LogP contribution in [-0.2, 0) is 4.74 Å². The molecule has 1 rings (SSSR count). The van der Waals surface area contributed by atoms with Crippen LogP contribution in [0.1, 0.15) is 38.5 Å². The van der Waals surface area contributed by atoms with Crippen LogP contribution in [0.5, 0.6) is 0 Å². The lowest BCUT2D eigenvalue weighted by Gasteiger charge is -2.41. The molecule has 0 aromatic carbocycles. The van der Waals surface area contributed by atoms with Gasteiger partial charge in [-0.2, -0.15) is 0 Å². The molecule has 0 amide bonds. The summed E-state index contributed by atoms with van der Waals surface area (Å²) in [6.07, 6.45) is 8.77. The molecular formula is C11H22N2O. The second-order valence-corrected chi connectivity index (χ2v) is 4.07. The molecule has 3 heteroatoms. The predicted octanol–water partition coefficient (Wildman–Crippen LogP) is 1.74. The van der Waals surface area contributed by atoms with Gasteiger partial charge in [-0.3, -0.25) is 11.3 Å². The minimum atomic E-state index is -0.0683. The second kappa shape index (κ2) is 5.49. The number of nitrogens with two attached hydrogens (primary N) is 1. The van der Waals surface area contributed by atoms with Gasteiger partial charge < -0.3 is 4.74 Å². The van der Waals surface area contributed by atoms with Gasteiger partial charge in [0.2, 0.25) is 0 Å². The highest BCUT2D eigenvalue weighted by Crippen LogP contribution is 2.34. The zero-order valence-electron chi connectivity index (χ0n) is 9.09. The van der Waals surface area contributed by atoms with Gasteiger partial charge in [-0.05, 0) is 19.3 Å². The summed E-state index contributed by atoms with van der Waals surface area (Å²) in [4.78, 5) is 0. The van der Waals surface area contributed by atoms with Crippen molar-refractivity contribution in [3.05, 3.63) is 12.7 Å². The summed E-state index contributed by atoms with van der Waals surface area (Å²) in [5.41, 5.74) is 2.80. The summed E-state index contributed by atoms with van der Waals surface area (Å²) in [6.45, 7) is 3.76. The highest BCUT2D eigenvalue weighted by atomic mass is 16.5.